The van der Waals surface area contributed by atoms with Crippen LogP contribution in [0.3, 0.4) is 0 Å². The molecule has 1 aromatic rings. The van der Waals surface area contributed by atoms with Gasteiger partial charge in [0, 0.05) is 32.2 Å². The Balaban J connectivity index is 0.00000220. The molecule has 126 valence electrons. The monoisotopic (exact) mass is 375 g/mol. The maximum atomic E-state index is 13.4. The summed E-state index contributed by atoms with van der Waals surface area (Å²) in [4.78, 5) is 12.2. The van der Waals surface area contributed by atoms with Crippen molar-refractivity contribution in [3.05, 3.63) is 32.8 Å². The minimum atomic E-state index is -0.865. The van der Waals surface area contributed by atoms with E-state index in [-0.39, 0.29) is 41.1 Å². The molecule has 0 spiro atoms. The van der Waals surface area contributed by atoms with E-state index in [2.05, 4.69) is 5.32 Å². The maximum absolute atomic E-state index is 13.4. The van der Waals surface area contributed by atoms with Crippen LogP contribution in [0.25, 0.3) is 0 Å². The van der Waals surface area contributed by atoms with E-state index in [0.29, 0.717) is 26.2 Å². The summed E-state index contributed by atoms with van der Waals surface area (Å²) in [7, 11) is 0. The van der Waals surface area contributed by atoms with Crippen molar-refractivity contribution in [1.29, 1.82) is 0 Å². The molecule has 10 heteroatoms. The molecule has 2 rings (SSSR count). The van der Waals surface area contributed by atoms with Gasteiger partial charge in [0.25, 0.3) is 5.69 Å². The lowest BCUT2D eigenvalue weighted by Crippen LogP contribution is -2.45. The van der Waals surface area contributed by atoms with Crippen molar-refractivity contribution in [2.24, 2.45) is 0 Å². The van der Waals surface area contributed by atoms with Crippen molar-refractivity contribution in [3.8, 4) is 5.75 Å². The van der Waals surface area contributed by atoms with Crippen molar-refractivity contribution in [1.82, 2.24) is 10.2 Å². The molecule has 1 aromatic carbocycles. The number of nitrogens with zero attached hydrogens (tertiary/aromatic N) is 2. The number of phenols is 1. The van der Waals surface area contributed by atoms with Crippen LogP contribution >= 0.6 is 36.4 Å². The fourth-order valence-electron chi connectivity index (χ4n) is 2.41. The van der Waals surface area contributed by atoms with Crippen LogP contribution < -0.4 is 5.32 Å². The first-order valence-electron chi connectivity index (χ1n) is 6.22. The fourth-order valence-corrected chi connectivity index (χ4v) is 2.57. The predicted molar refractivity (Wildman–Crippen MR) is 87.4 cm³/mol. The SMILES string of the molecule is Cl.Cl.O=[N+]([O-])c1ccc(Cl)c(O)c1[C@@H](CF)N1CCNCC1. The van der Waals surface area contributed by atoms with Gasteiger partial charge in [0.1, 0.15) is 12.4 Å². The Morgan fingerprint density at radius 3 is 2.50 bits per heavy atom. The van der Waals surface area contributed by atoms with E-state index < -0.39 is 23.4 Å². The Bertz CT molecular complexity index is 516. The number of aromatic hydroxyl groups is 1. The Labute approximate surface area is 144 Å². The highest BCUT2D eigenvalue weighted by atomic mass is 35.5. The number of rotatable bonds is 4. The molecule has 0 unspecified atom stereocenters. The van der Waals surface area contributed by atoms with Crippen molar-refractivity contribution in [2.75, 3.05) is 32.9 Å². The second-order valence-electron chi connectivity index (χ2n) is 4.54. The lowest BCUT2D eigenvalue weighted by molar-refractivity contribution is -0.386. The van der Waals surface area contributed by atoms with E-state index in [4.69, 9.17) is 11.6 Å². The zero-order valence-corrected chi connectivity index (χ0v) is 13.9. The topological polar surface area (TPSA) is 78.6 Å². The van der Waals surface area contributed by atoms with Gasteiger partial charge in [0.2, 0.25) is 0 Å². The fraction of sp³-hybridized carbons (Fsp3) is 0.500. The number of hydrogen-bond donors (Lipinski definition) is 2. The largest absolute Gasteiger partial charge is 0.506 e. The minimum absolute atomic E-state index is 0. The number of phenolic OH excluding ortho intramolecular Hbond substituents is 1. The molecule has 0 saturated carbocycles. The standard InChI is InChI=1S/C12H15ClFN3O3.2ClH/c13-8-1-2-9(17(19)20)11(12(8)18)10(7-14)16-5-3-15-4-6-16;;/h1-2,10,15,18H,3-7H2;2*1H/t10-;;/m1../s1. The van der Waals surface area contributed by atoms with E-state index in [0.717, 1.165) is 0 Å². The summed E-state index contributed by atoms with van der Waals surface area (Å²) < 4.78 is 13.4. The number of halogens is 4. The first-order valence-corrected chi connectivity index (χ1v) is 6.60. The van der Waals surface area contributed by atoms with E-state index in [1.807, 2.05) is 0 Å². The number of alkyl halides is 1. The van der Waals surface area contributed by atoms with Gasteiger partial charge in [-0.25, -0.2) is 4.39 Å². The third-order valence-corrected chi connectivity index (χ3v) is 3.72. The molecule has 1 aliphatic heterocycles. The highest BCUT2D eigenvalue weighted by Gasteiger charge is 2.32. The summed E-state index contributed by atoms with van der Waals surface area (Å²) in [6.07, 6.45) is 0. The molecule has 1 aliphatic rings. The second kappa shape index (κ2) is 9.32. The van der Waals surface area contributed by atoms with Gasteiger partial charge < -0.3 is 10.4 Å². The molecular weight excluding hydrogens is 360 g/mol. The number of piperazine rings is 1. The van der Waals surface area contributed by atoms with Gasteiger partial charge in [-0.2, -0.15) is 0 Å². The first kappa shape index (κ1) is 21.1. The second-order valence-corrected chi connectivity index (χ2v) is 4.95. The Morgan fingerprint density at radius 1 is 1.41 bits per heavy atom. The minimum Gasteiger partial charge on any atom is -0.506 e. The van der Waals surface area contributed by atoms with Crippen molar-refractivity contribution in [2.45, 2.75) is 6.04 Å². The number of nitrogens with one attached hydrogen (secondary N) is 1. The van der Waals surface area contributed by atoms with E-state index in [9.17, 15) is 19.6 Å². The summed E-state index contributed by atoms with van der Waals surface area (Å²) in [5, 5.41) is 24.2. The summed E-state index contributed by atoms with van der Waals surface area (Å²) in [5.41, 5.74) is -0.361. The van der Waals surface area contributed by atoms with Crippen LogP contribution in [-0.2, 0) is 0 Å². The highest BCUT2D eigenvalue weighted by molar-refractivity contribution is 6.32. The van der Waals surface area contributed by atoms with Crippen LogP contribution in [0.5, 0.6) is 5.75 Å². The molecule has 0 aliphatic carbocycles. The predicted octanol–water partition coefficient (Wildman–Crippen LogP) is 2.71. The average molecular weight is 377 g/mol. The average Bonchev–Trinajstić information content (AvgIpc) is 2.45. The van der Waals surface area contributed by atoms with Crippen molar-refractivity contribution >= 4 is 42.1 Å². The first-order chi connectivity index (χ1) is 9.56. The van der Waals surface area contributed by atoms with Crippen LogP contribution in [0.15, 0.2) is 12.1 Å². The number of hydrogen-bond acceptors (Lipinski definition) is 5. The van der Waals surface area contributed by atoms with Crippen molar-refractivity contribution < 1.29 is 14.4 Å². The van der Waals surface area contributed by atoms with Gasteiger partial charge in [-0.1, -0.05) is 11.6 Å². The molecule has 6 nitrogen and oxygen atoms in total. The normalized spacial score (nSPS) is 16.3. The number of nitro groups is 1. The lowest BCUT2D eigenvalue weighted by Gasteiger charge is -2.33. The molecule has 1 heterocycles. The van der Waals surface area contributed by atoms with Gasteiger partial charge in [0.05, 0.1) is 21.6 Å². The molecule has 0 bridgehead atoms. The molecule has 22 heavy (non-hydrogen) atoms. The molecule has 1 saturated heterocycles. The quantitative estimate of drug-likeness (QED) is 0.624. The zero-order chi connectivity index (χ0) is 14.7. The molecule has 0 radical (unpaired) electrons. The van der Waals surface area contributed by atoms with Gasteiger partial charge in [0.15, 0.2) is 0 Å². The van der Waals surface area contributed by atoms with Gasteiger partial charge in [-0.05, 0) is 6.07 Å². The number of nitro benzene ring substituents is 1. The van der Waals surface area contributed by atoms with Crippen molar-refractivity contribution in [3.63, 3.8) is 0 Å². The summed E-state index contributed by atoms with van der Waals surface area (Å²) in [6.45, 7) is 1.63. The summed E-state index contributed by atoms with van der Waals surface area (Å²) in [6, 6.07) is 1.57. The van der Waals surface area contributed by atoms with Gasteiger partial charge in [-0.3, -0.25) is 15.0 Å². The van der Waals surface area contributed by atoms with Crippen LogP contribution in [0, 0.1) is 10.1 Å². The smallest absolute Gasteiger partial charge is 0.278 e. The van der Waals surface area contributed by atoms with Gasteiger partial charge in [-0.15, -0.1) is 24.8 Å². The van der Waals surface area contributed by atoms with Crippen LogP contribution in [0.2, 0.25) is 5.02 Å². The third kappa shape index (κ3) is 4.33. The molecular formula is C12H17Cl3FN3O3. The Morgan fingerprint density at radius 2 is 2.00 bits per heavy atom. The van der Waals surface area contributed by atoms with E-state index in [1.165, 1.54) is 12.1 Å². The zero-order valence-electron chi connectivity index (χ0n) is 11.5. The highest BCUT2D eigenvalue weighted by Crippen LogP contribution is 2.40. The van der Waals surface area contributed by atoms with Crippen LogP contribution in [0.1, 0.15) is 11.6 Å². The maximum Gasteiger partial charge on any atom is 0.278 e. The Hall–Kier alpha value is -0.860. The number of benzene rings is 1. The molecule has 2 N–H and O–H groups in total. The lowest BCUT2D eigenvalue weighted by atomic mass is 10.0. The Kier molecular flexibility index (Phi) is 8.95. The third-order valence-electron chi connectivity index (χ3n) is 3.41. The summed E-state index contributed by atoms with van der Waals surface area (Å²) >= 11 is 5.80. The summed E-state index contributed by atoms with van der Waals surface area (Å²) in [5.74, 6) is -0.415. The van der Waals surface area contributed by atoms with Gasteiger partial charge >= 0.3 is 0 Å². The molecule has 0 amide bonds. The van der Waals surface area contributed by atoms with Crippen LogP contribution in [0.4, 0.5) is 10.1 Å². The molecule has 1 atom stereocenters. The molecule has 0 aromatic heterocycles. The van der Waals surface area contributed by atoms with Crippen LogP contribution in [-0.4, -0.2) is 47.8 Å². The molecule has 1 fully saturated rings. The van der Waals surface area contributed by atoms with E-state index >= 15 is 0 Å². The van der Waals surface area contributed by atoms with E-state index in [1.54, 1.807) is 4.90 Å².